The predicted octanol–water partition coefficient (Wildman–Crippen LogP) is 3.70. The van der Waals surface area contributed by atoms with Crippen LogP contribution in [-0.4, -0.2) is 35.0 Å². The van der Waals surface area contributed by atoms with Crippen molar-refractivity contribution in [3.05, 3.63) is 0 Å². The minimum atomic E-state index is -1.16. The summed E-state index contributed by atoms with van der Waals surface area (Å²) in [5.74, 6) is -0.522. The van der Waals surface area contributed by atoms with E-state index in [1.54, 1.807) is 0 Å². The lowest BCUT2D eigenvalue weighted by Gasteiger charge is -2.38. The summed E-state index contributed by atoms with van der Waals surface area (Å²) < 4.78 is 0. The Morgan fingerprint density at radius 1 is 1.10 bits per heavy atom. The molecule has 1 aliphatic rings. The summed E-state index contributed by atoms with van der Waals surface area (Å²) in [4.78, 5) is 26.6. The van der Waals surface area contributed by atoms with Gasteiger partial charge in [0.05, 0.1) is 0 Å². The summed E-state index contributed by atoms with van der Waals surface area (Å²) in [5.41, 5.74) is -1.16. The van der Waals surface area contributed by atoms with Gasteiger partial charge >= 0.3 is 5.97 Å². The zero-order valence-corrected chi connectivity index (χ0v) is 13.9. The van der Waals surface area contributed by atoms with E-state index in [1.165, 1.54) is 0 Å². The Hall–Kier alpha value is -1.06. The van der Waals surface area contributed by atoms with Gasteiger partial charge in [0.15, 0.2) is 0 Å². The molecule has 1 N–H and O–H groups in total. The van der Waals surface area contributed by atoms with Gasteiger partial charge < -0.3 is 10.0 Å². The average molecular weight is 297 g/mol. The first-order chi connectivity index (χ1) is 9.97. The highest BCUT2D eigenvalue weighted by Crippen LogP contribution is 2.40. The molecular weight excluding hydrogens is 266 g/mol. The average Bonchev–Trinajstić information content (AvgIpc) is 2.47. The quantitative estimate of drug-likeness (QED) is 0.695. The van der Waals surface area contributed by atoms with Crippen molar-refractivity contribution in [1.82, 2.24) is 4.90 Å². The number of unbranched alkanes of at least 4 members (excludes halogenated alkanes) is 2. The summed E-state index contributed by atoms with van der Waals surface area (Å²) in [6, 6.07) is 0. The molecule has 1 fully saturated rings. The van der Waals surface area contributed by atoms with Crippen LogP contribution in [-0.2, 0) is 9.59 Å². The number of nitrogens with zero attached hydrogens (tertiary/aromatic N) is 1. The van der Waals surface area contributed by atoms with E-state index in [0.717, 1.165) is 38.5 Å². The van der Waals surface area contributed by atoms with Crippen molar-refractivity contribution in [3.63, 3.8) is 0 Å². The molecule has 0 atom stereocenters. The Kier molecular flexibility index (Phi) is 7.20. The van der Waals surface area contributed by atoms with Gasteiger partial charge in [-0.25, -0.2) is 0 Å². The van der Waals surface area contributed by atoms with E-state index in [4.69, 9.17) is 0 Å². The molecule has 0 aromatic heterocycles. The second kappa shape index (κ2) is 8.40. The van der Waals surface area contributed by atoms with E-state index in [-0.39, 0.29) is 5.91 Å². The van der Waals surface area contributed by atoms with Crippen molar-refractivity contribution in [2.75, 3.05) is 13.1 Å². The molecule has 1 aliphatic carbocycles. The summed E-state index contributed by atoms with van der Waals surface area (Å²) in [6.07, 6.45) is 6.61. The number of hydrogen-bond acceptors (Lipinski definition) is 2. The van der Waals surface area contributed by atoms with Crippen LogP contribution in [0.15, 0.2) is 0 Å². The third-order valence-electron chi connectivity index (χ3n) is 4.80. The van der Waals surface area contributed by atoms with Gasteiger partial charge in [-0.15, -0.1) is 0 Å². The van der Waals surface area contributed by atoms with Crippen LogP contribution in [0.4, 0.5) is 0 Å². The molecule has 0 heterocycles. The first-order valence-electron chi connectivity index (χ1n) is 8.50. The van der Waals surface area contributed by atoms with Crippen LogP contribution in [0.2, 0.25) is 0 Å². The fourth-order valence-electron chi connectivity index (χ4n) is 3.09. The van der Waals surface area contributed by atoms with E-state index in [0.29, 0.717) is 31.8 Å². The second-order valence-corrected chi connectivity index (χ2v) is 6.57. The van der Waals surface area contributed by atoms with Gasteiger partial charge in [-0.3, -0.25) is 9.59 Å². The van der Waals surface area contributed by atoms with Crippen molar-refractivity contribution in [2.45, 2.75) is 72.1 Å². The van der Waals surface area contributed by atoms with Crippen LogP contribution in [0.3, 0.4) is 0 Å². The van der Waals surface area contributed by atoms with Gasteiger partial charge in [0, 0.05) is 13.1 Å². The molecule has 0 saturated heterocycles. The molecule has 0 aromatic carbocycles. The number of aliphatic carboxylic acids is 1. The molecule has 0 radical (unpaired) electrons. The van der Waals surface area contributed by atoms with Crippen LogP contribution < -0.4 is 0 Å². The Morgan fingerprint density at radius 3 is 1.95 bits per heavy atom. The third-order valence-corrected chi connectivity index (χ3v) is 4.80. The highest BCUT2D eigenvalue weighted by molar-refractivity contribution is 6.02. The van der Waals surface area contributed by atoms with Crippen molar-refractivity contribution in [2.24, 2.45) is 11.3 Å². The van der Waals surface area contributed by atoms with Gasteiger partial charge in [-0.2, -0.15) is 0 Å². The lowest BCUT2D eigenvalue weighted by Crippen LogP contribution is -2.50. The molecule has 1 rings (SSSR count). The van der Waals surface area contributed by atoms with Gasteiger partial charge in [-0.1, -0.05) is 33.6 Å². The Labute approximate surface area is 128 Å². The van der Waals surface area contributed by atoms with Gasteiger partial charge in [0.2, 0.25) is 5.91 Å². The molecule has 0 bridgehead atoms. The lowest BCUT2D eigenvalue weighted by atomic mass is 9.70. The highest BCUT2D eigenvalue weighted by atomic mass is 16.4. The maximum Gasteiger partial charge on any atom is 0.319 e. The molecular formula is C17H31NO3. The van der Waals surface area contributed by atoms with Crippen LogP contribution in [0, 0.1) is 11.3 Å². The van der Waals surface area contributed by atoms with Crippen molar-refractivity contribution < 1.29 is 14.7 Å². The number of carboxylic acids is 1. The first kappa shape index (κ1) is 18.0. The summed E-state index contributed by atoms with van der Waals surface area (Å²) in [6.45, 7) is 7.72. The summed E-state index contributed by atoms with van der Waals surface area (Å²) in [7, 11) is 0. The van der Waals surface area contributed by atoms with Gasteiger partial charge in [-0.05, 0) is 44.4 Å². The third kappa shape index (κ3) is 4.45. The molecule has 122 valence electrons. The minimum Gasteiger partial charge on any atom is -0.480 e. The molecule has 1 amide bonds. The fraction of sp³-hybridized carbons (Fsp3) is 0.882. The smallest absolute Gasteiger partial charge is 0.319 e. The normalized spacial score (nSPS) is 25.6. The number of amides is 1. The highest BCUT2D eigenvalue weighted by Gasteiger charge is 2.49. The molecule has 0 aliphatic heterocycles. The second-order valence-electron chi connectivity index (χ2n) is 6.57. The number of rotatable bonds is 8. The lowest BCUT2D eigenvalue weighted by molar-refractivity contribution is -0.164. The minimum absolute atomic E-state index is 0.135. The van der Waals surface area contributed by atoms with Crippen molar-refractivity contribution >= 4 is 11.9 Å². The van der Waals surface area contributed by atoms with E-state index >= 15 is 0 Å². The summed E-state index contributed by atoms with van der Waals surface area (Å²) >= 11 is 0. The number of carboxylic acid groups (broad SMARTS) is 1. The number of hydrogen-bond donors (Lipinski definition) is 1. The zero-order valence-electron chi connectivity index (χ0n) is 13.9. The molecule has 1 saturated carbocycles. The van der Waals surface area contributed by atoms with Crippen LogP contribution >= 0.6 is 0 Å². The Morgan fingerprint density at radius 2 is 1.57 bits per heavy atom. The van der Waals surface area contributed by atoms with Gasteiger partial charge in [0.1, 0.15) is 5.41 Å². The Balaban J connectivity index is 2.87. The maximum absolute atomic E-state index is 12.9. The fourth-order valence-corrected chi connectivity index (χ4v) is 3.09. The molecule has 0 spiro atoms. The molecule has 0 unspecified atom stereocenters. The first-order valence-corrected chi connectivity index (χ1v) is 8.50. The van der Waals surface area contributed by atoms with E-state index in [1.807, 2.05) is 4.90 Å². The van der Waals surface area contributed by atoms with Crippen LogP contribution in [0.1, 0.15) is 72.1 Å². The SMILES string of the molecule is CCCCN(CCCC)C(=O)C1(C(=O)O)CCC(C)CC1. The number of carbonyl (C=O) groups is 2. The molecule has 21 heavy (non-hydrogen) atoms. The zero-order chi connectivity index (χ0) is 15.9. The van der Waals surface area contributed by atoms with Crippen molar-refractivity contribution in [1.29, 1.82) is 0 Å². The van der Waals surface area contributed by atoms with E-state index in [9.17, 15) is 14.7 Å². The predicted molar refractivity (Wildman–Crippen MR) is 84.1 cm³/mol. The monoisotopic (exact) mass is 297 g/mol. The van der Waals surface area contributed by atoms with E-state index in [2.05, 4.69) is 20.8 Å². The molecule has 0 aromatic rings. The molecule has 4 heteroatoms. The van der Waals surface area contributed by atoms with Gasteiger partial charge in [0.25, 0.3) is 0 Å². The topological polar surface area (TPSA) is 57.6 Å². The largest absolute Gasteiger partial charge is 0.480 e. The van der Waals surface area contributed by atoms with Crippen LogP contribution in [0.5, 0.6) is 0 Å². The van der Waals surface area contributed by atoms with Crippen molar-refractivity contribution in [3.8, 4) is 0 Å². The van der Waals surface area contributed by atoms with Crippen LogP contribution in [0.25, 0.3) is 0 Å². The maximum atomic E-state index is 12.9. The van der Waals surface area contributed by atoms with E-state index < -0.39 is 11.4 Å². The Bertz CT molecular complexity index is 338. The number of carbonyl (C=O) groups excluding carboxylic acids is 1. The molecule has 4 nitrogen and oxygen atoms in total. The summed E-state index contributed by atoms with van der Waals surface area (Å²) in [5, 5.41) is 9.70. The standard InChI is InChI=1S/C17H31NO3/c1-4-6-12-18(13-7-5-2)15(19)17(16(20)21)10-8-14(3)9-11-17/h14H,4-13H2,1-3H3,(H,20,21).